The van der Waals surface area contributed by atoms with Gasteiger partial charge in [-0.1, -0.05) is 24.3 Å². The van der Waals surface area contributed by atoms with Crippen LogP contribution in [0.5, 0.6) is 0 Å². The van der Waals surface area contributed by atoms with Crippen LogP contribution in [0.25, 0.3) is 22.8 Å². The second-order valence-electron chi connectivity index (χ2n) is 8.60. The summed E-state index contributed by atoms with van der Waals surface area (Å²) in [5.74, 6) is 0.387. The lowest BCUT2D eigenvalue weighted by Gasteiger charge is -2.37. The number of benzene rings is 2. The number of rotatable bonds is 7. The third-order valence-corrected chi connectivity index (χ3v) is 6.54. The summed E-state index contributed by atoms with van der Waals surface area (Å²) < 4.78 is 31.2. The molecular formula is C26H28FN3O4. The number of amides is 1. The van der Waals surface area contributed by atoms with E-state index in [-0.39, 0.29) is 23.7 Å². The van der Waals surface area contributed by atoms with Gasteiger partial charge in [0.25, 0.3) is 5.91 Å². The van der Waals surface area contributed by atoms with E-state index < -0.39 is 0 Å². The Bertz CT molecular complexity index is 1120. The highest BCUT2D eigenvalue weighted by molar-refractivity contribution is 6.00. The summed E-state index contributed by atoms with van der Waals surface area (Å²) in [6.45, 7) is 5.10. The molecular weight excluding hydrogens is 437 g/mol. The molecule has 0 bridgehead atoms. The van der Waals surface area contributed by atoms with Crippen molar-refractivity contribution < 1.29 is 23.1 Å². The van der Waals surface area contributed by atoms with E-state index in [1.165, 1.54) is 12.3 Å². The van der Waals surface area contributed by atoms with Crippen LogP contribution in [-0.2, 0) is 9.47 Å². The summed E-state index contributed by atoms with van der Waals surface area (Å²) in [5, 5.41) is 3.12. The van der Waals surface area contributed by atoms with Crippen molar-refractivity contribution in [1.82, 2.24) is 15.2 Å². The number of nitrogens with zero attached hydrogens (tertiary/aromatic N) is 2. The highest BCUT2D eigenvalue weighted by Crippen LogP contribution is 2.29. The quantitative estimate of drug-likeness (QED) is 0.575. The van der Waals surface area contributed by atoms with Gasteiger partial charge in [-0.25, -0.2) is 9.37 Å². The highest BCUT2D eigenvalue weighted by atomic mass is 19.1. The van der Waals surface area contributed by atoms with Crippen LogP contribution in [0.3, 0.4) is 0 Å². The van der Waals surface area contributed by atoms with Gasteiger partial charge in [-0.05, 0) is 30.7 Å². The van der Waals surface area contributed by atoms with Crippen LogP contribution >= 0.6 is 0 Å². The number of ether oxygens (including phenoxy) is 2. The molecule has 8 heteroatoms. The van der Waals surface area contributed by atoms with Crippen molar-refractivity contribution in [3.05, 3.63) is 66.1 Å². The first-order chi connectivity index (χ1) is 16.7. The molecule has 0 aliphatic carbocycles. The van der Waals surface area contributed by atoms with Gasteiger partial charge in [-0.3, -0.25) is 9.69 Å². The van der Waals surface area contributed by atoms with Crippen LogP contribution in [0.4, 0.5) is 4.39 Å². The van der Waals surface area contributed by atoms with Crippen molar-refractivity contribution >= 4 is 5.91 Å². The van der Waals surface area contributed by atoms with Gasteiger partial charge in [0.2, 0.25) is 5.89 Å². The Balaban J connectivity index is 1.34. The van der Waals surface area contributed by atoms with Crippen molar-refractivity contribution in [1.29, 1.82) is 0 Å². The second-order valence-corrected chi connectivity index (χ2v) is 8.60. The van der Waals surface area contributed by atoms with Gasteiger partial charge in [-0.2, -0.15) is 0 Å². The number of aromatic nitrogens is 1. The molecule has 2 aliphatic heterocycles. The second kappa shape index (κ2) is 10.5. The molecule has 34 heavy (non-hydrogen) atoms. The third kappa shape index (κ3) is 4.89. The fourth-order valence-corrected chi connectivity index (χ4v) is 4.70. The number of hydrogen-bond donors (Lipinski definition) is 1. The first kappa shape index (κ1) is 22.7. The summed E-state index contributed by atoms with van der Waals surface area (Å²) in [6.07, 6.45) is 2.47. The third-order valence-electron chi connectivity index (χ3n) is 6.54. The van der Waals surface area contributed by atoms with E-state index in [4.69, 9.17) is 13.9 Å². The zero-order valence-electron chi connectivity index (χ0n) is 18.9. The lowest BCUT2D eigenvalue weighted by atomic mass is 9.96. The summed E-state index contributed by atoms with van der Waals surface area (Å²) in [6, 6.07) is 13.7. The molecule has 2 unspecified atom stereocenters. The fourth-order valence-electron chi connectivity index (χ4n) is 4.70. The van der Waals surface area contributed by atoms with Crippen LogP contribution in [-0.4, -0.2) is 67.9 Å². The largest absolute Gasteiger partial charge is 0.436 e. The average molecular weight is 466 g/mol. The van der Waals surface area contributed by atoms with Gasteiger partial charge in [0, 0.05) is 43.8 Å². The Hall–Kier alpha value is -3.07. The Morgan fingerprint density at radius 2 is 1.82 bits per heavy atom. The molecule has 0 radical (unpaired) electrons. The van der Waals surface area contributed by atoms with Crippen LogP contribution in [0.2, 0.25) is 0 Å². The normalized spacial score (nSPS) is 19.7. The van der Waals surface area contributed by atoms with Crippen LogP contribution in [0.15, 0.2) is 59.1 Å². The number of carbonyl (C=O) groups excluding carboxylic acids is 1. The Morgan fingerprint density at radius 1 is 1.06 bits per heavy atom. The molecule has 3 heterocycles. The van der Waals surface area contributed by atoms with Gasteiger partial charge in [0.05, 0.1) is 37.1 Å². The highest BCUT2D eigenvalue weighted by Gasteiger charge is 2.32. The Kier molecular flexibility index (Phi) is 6.99. The smallest absolute Gasteiger partial charge is 0.252 e. The van der Waals surface area contributed by atoms with Gasteiger partial charge in [0.15, 0.2) is 5.76 Å². The number of carbonyl (C=O) groups is 1. The van der Waals surface area contributed by atoms with Crippen molar-refractivity contribution in [2.45, 2.75) is 12.5 Å². The molecule has 7 nitrogen and oxygen atoms in total. The number of halogens is 1. The van der Waals surface area contributed by atoms with E-state index in [1.54, 1.807) is 30.3 Å². The first-order valence-corrected chi connectivity index (χ1v) is 11.7. The minimum atomic E-state index is -0.388. The molecule has 3 aromatic rings. The molecule has 0 spiro atoms. The maximum absolute atomic E-state index is 14.2. The van der Waals surface area contributed by atoms with Gasteiger partial charge >= 0.3 is 0 Å². The maximum atomic E-state index is 14.2. The van der Waals surface area contributed by atoms with Crippen molar-refractivity contribution in [3.8, 4) is 22.8 Å². The predicted octanol–water partition coefficient (Wildman–Crippen LogP) is 3.61. The molecule has 2 aliphatic rings. The summed E-state index contributed by atoms with van der Waals surface area (Å²) in [4.78, 5) is 20.0. The van der Waals surface area contributed by atoms with Crippen molar-refractivity contribution in [3.63, 3.8) is 0 Å². The minimum Gasteiger partial charge on any atom is -0.436 e. The molecule has 1 amide bonds. The summed E-state index contributed by atoms with van der Waals surface area (Å²) >= 11 is 0. The summed E-state index contributed by atoms with van der Waals surface area (Å²) in [7, 11) is 0. The molecule has 5 rings (SSSR count). The molecule has 2 saturated heterocycles. The van der Waals surface area contributed by atoms with Gasteiger partial charge < -0.3 is 19.2 Å². The van der Waals surface area contributed by atoms with Crippen molar-refractivity contribution in [2.24, 2.45) is 5.92 Å². The SMILES string of the molecule is O=C(NCC(C1CCOC1)N1CCOCC1)c1ccccc1-c1ncc(-c2ccccc2F)o1. The lowest BCUT2D eigenvalue weighted by Crippen LogP contribution is -2.52. The standard InChI is InChI=1S/C26H28FN3O4/c27-22-8-4-3-7-21(22)24-16-29-26(34-24)20-6-2-1-5-19(20)25(31)28-15-23(18-9-12-33-17-18)30-10-13-32-14-11-30/h1-8,16,18,23H,9-15,17H2,(H,28,31). The predicted molar refractivity (Wildman–Crippen MR) is 125 cm³/mol. The maximum Gasteiger partial charge on any atom is 0.252 e. The van der Waals surface area contributed by atoms with E-state index in [2.05, 4.69) is 15.2 Å². The zero-order valence-corrected chi connectivity index (χ0v) is 18.9. The van der Waals surface area contributed by atoms with E-state index in [1.807, 2.05) is 12.1 Å². The Labute approximate surface area is 197 Å². The van der Waals surface area contributed by atoms with Crippen LogP contribution in [0, 0.1) is 11.7 Å². The molecule has 0 saturated carbocycles. The van der Waals surface area contributed by atoms with E-state index >= 15 is 0 Å². The molecule has 2 fully saturated rings. The first-order valence-electron chi connectivity index (χ1n) is 11.7. The van der Waals surface area contributed by atoms with Crippen molar-refractivity contribution in [2.75, 3.05) is 46.1 Å². The fraction of sp³-hybridized carbons (Fsp3) is 0.385. The van der Waals surface area contributed by atoms with E-state index in [9.17, 15) is 9.18 Å². The number of nitrogens with one attached hydrogen (secondary N) is 1. The Morgan fingerprint density at radius 3 is 2.59 bits per heavy atom. The zero-order chi connectivity index (χ0) is 23.3. The number of oxazole rings is 1. The minimum absolute atomic E-state index is 0.192. The molecule has 178 valence electrons. The topological polar surface area (TPSA) is 76.8 Å². The van der Waals surface area contributed by atoms with E-state index in [0.29, 0.717) is 54.7 Å². The lowest BCUT2D eigenvalue weighted by molar-refractivity contribution is 0.00166. The van der Waals surface area contributed by atoms with Crippen LogP contribution in [0.1, 0.15) is 16.8 Å². The number of morpholine rings is 1. The molecule has 1 N–H and O–H groups in total. The van der Waals surface area contributed by atoms with E-state index in [0.717, 1.165) is 26.1 Å². The van der Waals surface area contributed by atoms with Crippen LogP contribution < -0.4 is 5.32 Å². The molecule has 2 aromatic carbocycles. The van der Waals surface area contributed by atoms with Gasteiger partial charge in [0.1, 0.15) is 5.82 Å². The van der Waals surface area contributed by atoms with Gasteiger partial charge in [-0.15, -0.1) is 0 Å². The molecule has 1 aromatic heterocycles. The number of hydrogen-bond acceptors (Lipinski definition) is 6. The average Bonchev–Trinajstić information content (AvgIpc) is 3.58. The summed E-state index contributed by atoms with van der Waals surface area (Å²) in [5.41, 5.74) is 1.36. The molecule has 2 atom stereocenters. The monoisotopic (exact) mass is 465 g/mol.